The number of aromatic amines is 1. The summed E-state index contributed by atoms with van der Waals surface area (Å²) in [4.78, 5) is 38.9. The predicted molar refractivity (Wildman–Crippen MR) is 122 cm³/mol. The van der Waals surface area contributed by atoms with Crippen molar-refractivity contribution < 1.29 is 23.5 Å². The second-order valence-electron chi connectivity index (χ2n) is 8.89. The van der Waals surface area contributed by atoms with Crippen LogP contribution in [0, 0.1) is 5.92 Å². The molecule has 2 fully saturated rings. The minimum atomic E-state index is -0.943. The lowest BCUT2D eigenvalue weighted by Gasteiger charge is -2.43. The maximum absolute atomic E-state index is 13.7. The highest BCUT2D eigenvalue weighted by Gasteiger charge is 2.37. The largest absolute Gasteiger partial charge is 0.460 e. The normalized spacial score (nSPS) is 23.2. The summed E-state index contributed by atoms with van der Waals surface area (Å²) in [5.41, 5.74) is 1.77. The van der Waals surface area contributed by atoms with Gasteiger partial charge in [0, 0.05) is 57.6 Å². The van der Waals surface area contributed by atoms with Gasteiger partial charge in [0.1, 0.15) is 24.0 Å². The van der Waals surface area contributed by atoms with Crippen LogP contribution in [0.25, 0.3) is 11.0 Å². The number of fused-ring (bicyclic) bond motifs is 1. The lowest BCUT2D eigenvalue weighted by atomic mass is 9.91. The first kappa shape index (κ1) is 23.3. The number of hydrogen-bond acceptors (Lipinski definition) is 6. The summed E-state index contributed by atoms with van der Waals surface area (Å²) >= 11 is 0. The molecular weight excluding hydrogens is 429 g/mol. The third-order valence-corrected chi connectivity index (χ3v) is 6.74. The smallest absolute Gasteiger partial charge is 0.341 e. The van der Waals surface area contributed by atoms with Gasteiger partial charge in [-0.15, -0.1) is 0 Å². The number of piperidine rings is 1. The van der Waals surface area contributed by atoms with Crippen LogP contribution >= 0.6 is 0 Å². The van der Waals surface area contributed by atoms with E-state index < -0.39 is 12.1 Å². The molecule has 33 heavy (non-hydrogen) atoms. The SMILES string of the molecule is COCCOC(=O)c1cnc2[nH]ccc2c1N(C)[C@H]1CN(C(=O)N2CC[C@H](F)C2)CC[C@H]1C. The van der Waals surface area contributed by atoms with Crippen molar-refractivity contribution in [3.05, 3.63) is 24.0 Å². The molecule has 0 saturated carbocycles. The van der Waals surface area contributed by atoms with Gasteiger partial charge in [-0.25, -0.2) is 19.0 Å². The van der Waals surface area contributed by atoms with Gasteiger partial charge in [0.2, 0.25) is 0 Å². The zero-order valence-electron chi connectivity index (χ0n) is 19.4. The van der Waals surface area contributed by atoms with Crippen molar-refractivity contribution in [3.8, 4) is 0 Å². The van der Waals surface area contributed by atoms with Crippen LogP contribution in [-0.4, -0.2) is 97.5 Å². The molecule has 0 bridgehead atoms. The third-order valence-electron chi connectivity index (χ3n) is 6.74. The van der Waals surface area contributed by atoms with E-state index in [-0.39, 0.29) is 31.1 Å². The van der Waals surface area contributed by atoms with E-state index in [1.807, 2.05) is 18.0 Å². The standard InChI is InChI=1S/C23H32FN5O4/c1-15-5-8-29(23(31)28-9-6-16(24)13-28)14-19(15)27(2)20-17-4-7-25-21(17)26-12-18(20)22(30)33-11-10-32-3/h4,7,12,15-16,19H,5-6,8-11,13-14H2,1-3H3,(H,25,26)/t15-,16+,19+/m1/s1. The number of H-pyrrole nitrogens is 1. The molecular formula is C23H32FN5O4. The van der Waals surface area contributed by atoms with Gasteiger partial charge in [0.15, 0.2) is 0 Å². The van der Waals surface area contributed by atoms with Crippen molar-refractivity contribution in [2.75, 3.05) is 58.5 Å². The Hall–Kier alpha value is -2.88. The second-order valence-corrected chi connectivity index (χ2v) is 8.89. The van der Waals surface area contributed by atoms with E-state index in [0.29, 0.717) is 43.9 Å². The number of rotatable bonds is 6. The molecule has 180 valence electrons. The first-order valence-corrected chi connectivity index (χ1v) is 11.4. The molecule has 0 aromatic carbocycles. The molecule has 2 amide bonds. The Labute approximate surface area is 192 Å². The number of pyridine rings is 1. The number of nitrogens with zero attached hydrogens (tertiary/aromatic N) is 4. The number of amides is 2. The molecule has 0 aliphatic carbocycles. The van der Waals surface area contributed by atoms with E-state index in [1.165, 1.54) is 6.20 Å². The van der Waals surface area contributed by atoms with Crippen molar-refractivity contribution >= 4 is 28.7 Å². The van der Waals surface area contributed by atoms with Crippen LogP contribution in [0.5, 0.6) is 0 Å². The molecule has 4 rings (SSSR count). The molecule has 2 aliphatic rings. The Morgan fingerprint density at radius 2 is 2.00 bits per heavy atom. The van der Waals surface area contributed by atoms with Gasteiger partial charge in [0.05, 0.1) is 18.8 Å². The van der Waals surface area contributed by atoms with Crippen LogP contribution in [0.2, 0.25) is 0 Å². The van der Waals surface area contributed by atoms with Gasteiger partial charge in [-0.2, -0.15) is 0 Å². The van der Waals surface area contributed by atoms with E-state index >= 15 is 0 Å². The quantitative estimate of drug-likeness (QED) is 0.525. The number of nitrogens with one attached hydrogen (secondary N) is 1. The van der Waals surface area contributed by atoms with Crippen LogP contribution in [-0.2, 0) is 9.47 Å². The molecule has 9 nitrogen and oxygen atoms in total. The molecule has 0 unspecified atom stereocenters. The van der Waals surface area contributed by atoms with Crippen molar-refractivity contribution in [1.29, 1.82) is 0 Å². The summed E-state index contributed by atoms with van der Waals surface area (Å²) in [5.74, 6) is -0.182. The van der Waals surface area contributed by atoms with Crippen molar-refractivity contribution in [3.63, 3.8) is 0 Å². The number of ether oxygens (including phenoxy) is 2. The summed E-state index contributed by atoms with van der Waals surface area (Å²) in [6, 6.07) is 1.75. The van der Waals surface area contributed by atoms with Crippen LogP contribution in [0.3, 0.4) is 0 Å². The van der Waals surface area contributed by atoms with Crippen molar-refractivity contribution in [2.45, 2.75) is 32.0 Å². The van der Waals surface area contributed by atoms with E-state index in [2.05, 4.69) is 21.8 Å². The Balaban J connectivity index is 1.60. The highest BCUT2D eigenvalue weighted by molar-refractivity contribution is 6.04. The number of carbonyl (C=O) groups is 2. The Morgan fingerprint density at radius 3 is 2.73 bits per heavy atom. The fraction of sp³-hybridized carbons (Fsp3) is 0.609. The molecule has 2 saturated heterocycles. The number of alkyl halides is 1. The summed E-state index contributed by atoms with van der Waals surface area (Å²) in [6.45, 7) is 4.37. The monoisotopic (exact) mass is 461 g/mol. The van der Waals surface area contributed by atoms with Gasteiger partial charge < -0.3 is 29.2 Å². The average molecular weight is 462 g/mol. The van der Waals surface area contributed by atoms with Gasteiger partial charge >= 0.3 is 12.0 Å². The van der Waals surface area contributed by atoms with Gasteiger partial charge in [-0.3, -0.25) is 0 Å². The lowest BCUT2D eigenvalue weighted by molar-refractivity contribution is 0.0388. The van der Waals surface area contributed by atoms with Crippen molar-refractivity contribution in [1.82, 2.24) is 19.8 Å². The van der Waals surface area contributed by atoms with Crippen LogP contribution < -0.4 is 4.90 Å². The molecule has 2 aromatic heterocycles. The number of urea groups is 1. The van der Waals surface area contributed by atoms with Crippen molar-refractivity contribution in [2.24, 2.45) is 5.92 Å². The molecule has 3 atom stereocenters. The van der Waals surface area contributed by atoms with E-state index in [1.54, 1.807) is 18.2 Å². The summed E-state index contributed by atoms with van der Waals surface area (Å²) < 4.78 is 24.0. The summed E-state index contributed by atoms with van der Waals surface area (Å²) in [5, 5.41) is 0.814. The highest BCUT2D eigenvalue weighted by Crippen LogP contribution is 2.34. The number of carbonyl (C=O) groups excluding carboxylic acids is 2. The first-order chi connectivity index (χ1) is 15.9. The molecule has 2 aliphatic heterocycles. The fourth-order valence-electron chi connectivity index (χ4n) is 4.80. The van der Waals surface area contributed by atoms with Gasteiger partial charge in [-0.05, 0) is 24.8 Å². The van der Waals surface area contributed by atoms with Crippen LogP contribution in [0.1, 0.15) is 30.1 Å². The number of esters is 1. The van der Waals surface area contributed by atoms with E-state index in [9.17, 15) is 14.0 Å². The summed E-state index contributed by atoms with van der Waals surface area (Å²) in [7, 11) is 3.49. The number of anilines is 1. The number of halogens is 1. The third kappa shape index (κ3) is 4.75. The lowest BCUT2D eigenvalue weighted by Crippen LogP contribution is -2.55. The number of likely N-dealkylation sites (N-methyl/N-ethyl adjacent to an activating group) is 1. The Bertz CT molecular complexity index is 998. The Kier molecular flexibility index (Phi) is 7.02. The molecule has 4 heterocycles. The fourth-order valence-corrected chi connectivity index (χ4v) is 4.80. The second kappa shape index (κ2) is 9.94. The zero-order valence-corrected chi connectivity index (χ0v) is 19.4. The van der Waals surface area contributed by atoms with Crippen LogP contribution in [0.15, 0.2) is 18.5 Å². The predicted octanol–water partition coefficient (Wildman–Crippen LogP) is 2.68. The minimum absolute atomic E-state index is 0.0301. The topological polar surface area (TPSA) is 91.0 Å². The molecule has 0 radical (unpaired) electrons. The number of likely N-dealkylation sites (tertiary alicyclic amines) is 2. The highest BCUT2D eigenvalue weighted by atomic mass is 19.1. The maximum Gasteiger partial charge on any atom is 0.341 e. The summed E-state index contributed by atoms with van der Waals surface area (Å²) in [6.07, 6.45) is 3.60. The number of aromatic nitrogens is 2. The number of methoxy groups -OCH3 is 1. The minimum Gasteiger partial charge on any atom is -0.460 e. The van der Waals surface area contributed by atoms with Crippen LogP contribution in [0.4, 0.5) is 14.9 Å². The number of hydrogen-bond donors (Lipinski definition) is 1. The molecule has 2 aromatic rings. The van der Waals surface area contributed by atoms with Gasteiger partial charge in [0.25, 0.3) is 0 Å². The zero-order chi connectivity index (χ0) is 23.5. The Morgan fingerprint density at radius 1 is 1.24 bits per heavy atom. The maximum atomic E-state index is 13.7. The molecule has 1 N–H and O–H groups in total. The van der Waals surface area contributed by atoms with Gasteiger partial charge in [-0.1, -0.05) is 6.92 Å². The molecule has 10 heteroatoms. The average Bonchev–Trinajstić information content (AvgIpc) is 3.46. The first-order valence-electron chi connectivity index (χ1n) is 11.4. The van der Waals surface area contributed by atoms with E-state index in [0.717, 1.165) is 17.5 Å². The van der Waals surface area contributed by atoms with E-state index in [4.69, 9.17) is 9.47 Å². The molecule has 0 spiro atoms.